The fourth-order valence-electron chi connectivity index (χ4n) is 6.84. The van der Waals surface area contributed by atoms with Crippen LogP contribution in [0, 0.1) is 40.4 Å². The SMILES string of the molecule is C=C1CC2C=CC3(CC(C)CC13)C1C2C1(C)CCC. The molecule has 7 atom stereocenters. The van der Waals surface area contributed by atoms with Crippen molar-refractivity contribution in [1.82, 2.24) is 0 Å². The van der Waals surface area contributed by atoms with Gasteiger partial charge in [-0.25, -0.2) is 0 Å². The van der Waals surface area contributed by atoms with E-state index in [1.807, 2.05) is 0 Å². The van der Waals surface area contributed by atoms with Gasteiger partial charge in [0.15, 0.2) is 0 Å². The molecule has 0 heterocycles. The monoisotopic (exact) mass is 256 g/mol. The van der Waals surface area contributed by atoms with E-state index in [9.17, 15) is 0 Å². The summed E-state index contributed by atoms with van der Waals surface area (Å²) in [6.07, 6.45) is 12.2. The van der Waals surface area contributed by atoms with Gasteiger partial charge in [0, 0.05) is 0 Å². The van der Waals surface area contributed by atoms with Gasteiger partial charge in [-0.05, 0) is 66.1 Å². The molecule has 7 unspecified atom stereocenters. The third kappa shape index (κ3) is 1.31. The van der Waals surface area contributed by atoms with Gasteiger partial charge in [0.2, 0.25) is 0 Å². The molecule has 3 fully saturated rings. The molecule has 0 saturated heterocycles. The normalized spacial score (nSPS) is 57.8. The van der Waals surface area contributed by atoms with Gasteiger partial charge in [0.1, 0.15) is 0 Å². The van der Waals surface area contributed by atoms with Gasteiger partial charge >= 0.3 is 0 Å². The van der Waals surface area contributed by atoms with E-state index in [0.29, 0.717) is 10.8 Å². The summed E-state index contributed by atoms with van der Waals surface area (Å²) in [5.41, 5.74) is 2.75. The van der Waals surface area contributed by atoms with Crippen molar-refractivity contribution in [3.05, 3.63) is 24.3 Å². The minimum absolute atomic E-state index is 0.512. The Kier molecular flexibility index (Phi) is 2.30. The highest BCUT2D eigenvalue weighted by Crippen LogP contribution is 2.80. The van der Waals surface area contributed by atoms with Gasteiger partial charge in [-0.3, -0.25) is 0 Å². The van der Waals surface area contributed by atoms with Crippen molar-refractivity contribution in [2.75, 3.05) is 0 Å². The van der Waals surface area contributed by atoms with Crippen molar-refractivity contribution in [3.8, 4) is 0 Å². The van der Waals surface area contributed by atoms with Crippen LogP contribution < -0.4 is 0 Å². The summed E-state index contributed by atoms with van der Waals surface area (Å²) in [4.78, 5) is 0. The van der Waals surface area contributed by atoms with E-state index >= 15 is 0 Å². The predicted molar refractivity (Wildman–Crippen MR) is 80.7 cm³/mol. The molecule has 104 valence electrons. The summed E-state index contributed by atoms with van der Waals surface area (Å²) < 4.78 is 0. The average molecular weight is 256 g/mol. The molecule has 0 N–H and O–H groups in total. The van der Waals surface area contributed by atoms with Crippen LogP contribution in [0.2, 0.25) is 0 Å². The van der Waals surface area contributed by atoms with E-state index in [-0.39, 0.29) is 0 Å². The molecule has 0 aromatic heterocycles. The smallest absolute Gasteiger partial charge is 0.00136 e. The number of hydrogen-bond donors (Lipinski definition) is 0. The summed E-state index contributed by atoms with van der Waals surface area (Å²) in [6.45, 7) is 11.9. The lowest BCUT2D eigenvalue weighted by molar-refractivity contribution is 0.216. The first-order valence-electron chi connectivity index (χ1n) is 8.40. The highest BCUT2D eigenvalue weighted by atomic mass is 14.8. The molecule has 3 saturated carbocycles. The largest absolute Gasteiger partial charge is 0.0995 e. The second kappa shape index (κ2) is 3.57. The second-order valence-electron chi connectivity index (χ2n) is 8.35. The Morgan fingerprint density at radius 3 is 2.95 bits per heavy atom. The third-order valence-corrected chi connectivity index (χ3v) is 7.18. The quantitative estimate of drug-likeness (QED) is 0.594. The Labute approximate surface area is 118 Å². The summed E-state index contributed by atoms with van der Waals surface area (Å²) in [6, 6.07) is 0. The molecular weight excluding hydrogens is 228 g/mol. The maximum atomic E-state index is 4.50. The van der Waals surface area contributed by atoms with Crippen LogP contribution in [0.15, 0.2) is 24.3 Å². The van der Waals surface area contributed by atoms with Crippen LogP contribution in [-0.2, 0) is 0 Å². The van der Waals surface area contributed by atoms with Crippen LogP contribution in [0.5, 0.6) is 0 Å². The van der Waals surface area contributed by atoms with E-state index < -0.39 is 0 Å². The van der Waals surface area contributed by atoms with Crippen molar-refractivity contribution >= 4 is 0 Å². The molecule has 0 aromatic rings. The highest BCUT2D eigenvalue weighted by molar-refractivity contribution is 5.36. The zero-order valence-corrected chi connectivity index (χ0v) is 12.8. The van der Waals surface area contributed by atoms with Crippen molar-refractivity contribution in [2.24, 2.45) is 40.4 Å². The first-order chi connectivity index (χ1) is 9.03. The Bertz CT molecular complexity index is 459. The van der Waals surface area contributed by atoms with E-state index in [1.54, 1.807) is 5.57 Å². The maximum absolute atomic E-state index is 4.50. The second-order valence-corrected chi connectivity index (χ2v) is 8.35. The average Bonchev–Trinajstić information content (AvgIpc) is 2.90. The van der Waals surface area contributed by atoms with Gasteiger partial charge < -0.3 is 0 Å². The molecule has 1 spiro atoms. The molecule has 0 aromatic carbocycles. The number of allylic oxidation sites excluding steroid dienone is 3. The van der Waals surface area contributed by atoms with Crippen LogP contribution in [0.25, 0.3) is 0 Å². The van der Waals surface area contributed by atoms with Crippen LogP contribution in [-0.4, -0.2) is 0 Å². The van der Waals surface area contributed by atoms with Crippen LogP contribution >= 0.6 is 0 Å². The summed E-state index contributed by atoms with van der Waals surface area (Å²) in [5, 5.41) is 0. The van der Waals surface area contributed by atoms with Crippen molar-refractivity contribution in [1.29, 1.82) is 0 Å². The number of fused-ring (bicyclic) bond motifs is 1. The van der Waals surface area contributed by atoms with E-state index in [2.05, 4.69) is 39.5 Å². The summed E-state index contributed by atoms with van der Waals surface area (Å²) >= 11 is 0. The van der Waals surface area contributed by atoms with Gasteiger partial charge in [0.25, 0.3) is 0 Å². The minimum Gasteiger partial charge on any atom is -0.0995 e. The van der Waals surface area contributed by atoms with Gasteiger partial charge in [-0.1, -0.05) is 51.5 Å². The van der Waals surface area contributed by atoms with Gasteiger partial charge in [-0.15, -0.1) is 0 Å². The van der Waals surface area contributed by atoms with Crippen LogP contribution in [0.1, 0.15) is 52.9 Å². The van der Waals surface area contributed by atoms with E-state index in [0.717, 1.165) is 29.6 Å². The van der Waals surface area contributed by atoms with Crippen LogP contribution in [0.3, 0.4) is 0 Å². The van der Waals surface area contributed by atoms with Gasteiger partial charge in [0.05, 0.1) is 0 Å². The molecule has 5 aliphatic carbocycles. The molecule has 0 nitrogen and oxygen atoms in total. The highest BCUT2D eigenvalue weighted by Gasteiger charge is 2.74. The maximum Gasteiger partial charge on any atom is -0.00136 e. The lowest BCUT2D eigenvalue weighted by Gasteiger charge is -2.35. The molecule has 0 amide bonds. The number of rotatable bonds is 2. The lowest BCUT2D eigenvalue weighted by atomic mass is 9.68. The Hall–Kier alpha value is -0.520. The van der Waals surface area contributed by atoms with Crippen molar-refractivity contribution < 1.29 is 0 Å². The summed E-state index contributed by atoms with van der Waals surface area (Å²) in [7, 11) is 0. The Balaban J connectivity index is 1.80. The fourth-order valence-corrected chi connectivity index (χ4v) is 6.84. The predicted octanol–water partition coefficient (Wildman–Crippen LogP) is 5.22. The Morgan fingerprint density at radius 1 is 1.42 bits per heavy atom. The molecule has 0 aliphatic heterocycles. The minimum atomic E-state index is 0.512. The zero-order chi connectivity index (χ0) is 13.4. The first kappa shape index (κ1) is 12.2. The molecule has 0 radical (unpaired) electrons. The summed E-state index contributed by atoms with van der Waals surface area (Å²) in [5.74, 6) is 4.47. The molecule has 5 rings (SSSR count). The molecular formula is C19H28. The molecule has 5 aliphatic rings. The zero-order valence-electron chi connectivity index (χ0n) is 12.8. The lowest BCUT2D eigenvalue weighted by Crippen LogP contribution is -2.29. The first-order valence-corrected chi connectivity index (χ1v) is 8.40. The Morgan fingerprint density at radius 2 is 2.21 bits per heavy atom. The number of hydrogen-bond acceptors (Lipinski definition) is 0. The molecule has 19 heavy (non-hydrogen) atoms. The molecule has 2 bridgehead atoms. The molecule has 0 heteroatoms. The van der Waals surface area contributed by atoms with Crippen molar-refractivity contribution in [3.63, 3.8) is 0 Å². The fraction of sp³-hybridized carbons (Fsp3) is 0.789. The standard InChI is InChI=1S/C19H28/c1-5-7-18(4)16-14-6-8-19(17(16)18)11-12(2)9-15(19)13(3)10-14/h6,8,12,14-17H,3,5,7,9-11H2,1-2,4H3. The van der Waals surface area contributed by atoms with Crippen molar-refractivity contribution in [2.45, 2.75) is 52.9 Å². The van der Waals surface area contributed by atoms with E-state index in [4.69, 9.17) is 0 Å². The van der Waals surface area contributed by atoms with E-state index in [1.165, 1.54) is 32.1 Å². The third-order valence-electron chi connectivity index (χ3n) is 7.18. The van der Waals surface area contributed by atoms with Gasteiger partial charge in [-0.2, -0.15) is 0 Å². The topological polar surface area (TPSA) is 0 Å². The van der Waals surface area contributed by atoms with Crippen LogP contribution in [0.4, 0.5) is 0 Å².